The normalized spacial score (nSPS) is 16.9. The number of aryl methyl sites for hydroxylation is 1. The molecule has 0 bridgehead atoms. The maximum absolute atomic E-state index is 12.3. The van der Waals surface area contributed by atoms with Crippen LogP contribution in [-0.4, -0.2) is 33.3 Å². The average Bonchev–Trinajstić information content (AvgIpc) is 2.49. The standard InChI is InChI=1S/C17H27N3O3S/c1-13(2)8-9-18-17(21)19-15-7-6-14(3)16(12-15)20-10-4-5-11-24(20,22)23/h6-7,12-13H,4-5,8-11H2,1-3H3,(H2,18,19,21). The molecule has 134 valence electrons. The van der Waals surface area contributed by atoms with Crippen molar-refractivity contribution < 1.29 is 13.2 Å². The van der Waals surface area contributed by atoms with Crippen LogP contribution in [0.4, 0.5) is 16.2 Å². The van der Waals surface area contributed by atoms with E-state index in [1.165, 1.54) is 4.31 Å². The van der Waals surface area contributed by atoms with Gasteiger partial charge in [0.15, 0.2) is 0 Å². The van der Waals surface area contributed by atoms with Gasteiger partial charge in [0.2, 0.25) is 10.0 Å². The van der Waals surface area contributed by atoms with Crippen molar-refractivity contribution in [1.82, 2.24) is 5.32 Å². The van der Waals surface area contributed by atoms with Crippen molar-refractivity contribution in [3.05, 3.63) is 23.8 Å². The number of carbonyl (C=O) groups excluding carboxylic acids is 1. The first-order chi connectivity index (χ1) is 11.3. The molecule has 2 rings (SSSR count). The predicted molar refractivity (Wildman–Crippen MR) is 98.0 cm³/mol. The van der Waals surface area contributed by atoms with Crippen molar-refractivity contribution in [3.63, 3.8) is 0 Å². The molecule has 2 N–H and O–H groups in total. The summed E-state index contributed by atoms with van der Waals surface area (Å²) in [6, 6.07) is 5.09. The molecule has 1 aliphatic rings. The maximum Gasteiger partial charge on any atom is 0.319 e. The monoisotopic (exact) mass is 353 g/mol. The number of sulfonamides is 1. The van der Waals surface area contributed by atoms with Gasteiger partial charge in [-0.2, -0.15) is 0 Å². The highest BCUT2D eigenvalue weighted by molar-refractivity contribution is 7.92. The molecule has 0 atom stereocenters. The van der Waals surface area contributed by atoms with Gasteiger partial charge in [0, 0.05) is 18.8 Å². The summed E-state index contributed by atoms with van der Waals surface area (Å²) in [5.41, 5.74) is 2.12. The largest absolute Gasteiger partial charge is 0.338 e. The van der Waals surface area contributed by atoms with E-state index in [0.717, 1.165) is 18.4 Å². The third-order valence-electron chi connectivity index (χ3n) is 4.09. The van der Waals surface area contributed by atoms with E-state index in [2.05, 4.69) is 24.5 Å². The van der Waals surface area contributed by atoms with E-state index in [4.69, 9.17) is 0 Å². The Morgan fingerprint density at radius 3 is 2.71 bits per heavy atom. The van der Waals surface area contributed by atoms with Crippen LogP contribution < -0.4 is 14.9 Å². The molecule has 7 heteroatoms. The molecule has 24 heavy (non-hydrogen) atoms. The predicted octanol–water partition coefficient (Wildman–Crippen LogP) is 3.09. The van der Waals surface area contributed by atoms with E-state index in [1.807, 2.05) is 13.0 Å². The number of rotatable bonds is 5. The number of carbonyl (C=O) groups is 1. The number of hydrogen-bond acceptors (Lipinski definition) is 3. The lowest BCUT2D eigenvalue weighted by Crippen LogP contribution is -2.38. The Morgan fingerprint density at radius 2 is 2.04 bits per heavy atom. The summed E-state index contributed by atoms with van der Waals surface area (Å²) >= 11 is 0. The molecule has 1 heterocycles. The van der Waals surface area contributed by atoms with Crippen LogP contribution in [0, 0.1) is 12.8 Å². The SMILES string of the molecule is Cc1ccc(NC(=O)NCCC(C)C)cc1N1CCCCS1(=O)=O. The Labute approximate surface area is 144 Å². The number of anilines is 2. The summed E-state index contributed by atoms with van der Waals surface area (Å²) in [7, 11) is -3.26. The molecule has 1 aromatic carbocycles. The summed E-state index contributed by atoms with van der Waals surface area (Å²) < 4.78 is 26.1. The van der Waals surface area contributed by atoms with Gasteiger partial charge >= 0.3 is 6.03 Å². The summed E-state index contributed by atoms with van der Waals surface area (Å²) in [5.74, 6) is 0.709. The fourth-order valence-corrected chi connectivity index (χ4v) is 4.36. The van der Waals surface area contributed by atoms with Gasteiger partial charge < -0.3 is 10.6 Å². The van der Waals surface area contributed by atoms with Gasteiger partial charge in [-0.05, 0) is 49.8 Å². The number of nitrogens with one attached hydrogen (secondary N) is 2. The molecule has 2 amide bonds. The molecule has 0 spiro atoms. The number of urea groups is 1. The van der Waals surface area contributed by atoms with E-state index >= 15 is 0 Å². The molecule has 0 unspecified atom stereocenters. The number of benzene rings is 1. The zero-order valence-corrected chi connectivity index (χ0v) is 15.4. The van der Waals surface area contributed by atoms with Crippen molar-refractivity contribution in [1.29, 1.82) is 0 Å². The fourth-order valence-electron chi connectivity index (χ4n) is 2.66. The van der Waals surface area contributed by atoms with Gasteiger partial charge in [-0.1, -0.05) is 19.9 Å². The van der Waals surface area contributed by atoms with E-state index in [1.54, 1.807) is 12.1 Å². The zero-order chi connectivity index (χ0) is 17.7. The van der Waals surface area contributed by atoms with Gasteiger partial charge in [0.1, 0.15) is 0 Å². The molecule has 0 radical (unpaired) electrons. The Hall–Kier alpha value is -1.76. The van der Waals surface area contributed by atoms with E-state index < -0.39 is 10.0 Å². The van der Waals surface area contributed by atoms with Crippen LogP contribution in [0.15, 0.2) is 18.2 Å². The minimum atomic E-state index is -3.26. The second-order valence-electron chi connectivity index (χ2n) is 6.66. The highest BCUT2D eigenvalue weighted by Crippen LogP contribution is 2.29. The Balaban J connectivity index is 2.09. The zero-order valence-electron chi connectivity index (χ0n) is 14.6. The summed E-state index contributed by atoms with van der Waals surface area (Å²) in [6.45, 7) is 7.19. The molecule has 0 aliphatic carbocycles. The minimum absolute atomic E-state index is 0.180. The lowest BCUT2D eigenvalue weighted by molar-refractivity contribution is 0.251. The Morgan fingerprint density at radius 1 is 1.29 bits per heavy atom. The summed E-state index contributed by atoms with van der Waals surface area (Å²) in [4.78, 5) is 11.9. The second-order valence-corrected chi connectivity index (χ2v) is 8.67. The van der Waals surface area contributed by atoms with Crippen molar-refractivity contribution in [2.75, 3.05) is 28.5 Å². The first-order valence-corrected chi connectivity index (χ1v) is 10.1. The van der Waals surface area contributed by atoms with E-state index in [0.29, 0.717) is 36.8 Å². The van der Waals surface area contributed by atoms with Crippen LogP contribution in [0.25, 0.3) is 0 Å². The minimum Gasteiger partial charge on any atom is -0.338 e. The molecule has 0 aromatic heterocycles. The Bertz CT molecular complexity index is 686. The van der Waals surface area contributed by atoms with Crippen LogP contribution in [0.3, 0.4) is 0 Å². The molecule has 0 saturated carbocycles. The number of amides is 2. The highest BCUT2D eigenvalue weighted by atomic mass is 32.2. The highest BCUT2D eigenvalue weighted by Gasteiger charge is 2.27. The summed E-state index contributed by atoms with van der Waals surface area (Å²) in [6.07, 6.45) is 2.47. The molecule has 1 saturated heterocycles. The van der Waals surface area contributed by atoms with Gasteiger partial charge in [-0.3, -0.25) is 4.31 Å². The third kappa shape index (κ3) is 4.87. The van der Waals surface area contributed by atoms with Gasteiger partial charge in [0.05, 0.1) is 11.4 Å². The molecule has 1 aromatic rings. The lowest BCUT2D eigenvalue weighted by Gasteiger charge is -2.29. The van der Waals surface area contributed by atoms with Crippen molar-refractivity contribution in [3.8, 4) is 0 Å². The van der Waals surface area contributed by atoms with E-state index in [-0.39, 0.29) is 11.8 Å². The average molecular weight is 353 g/mol. The smallest absolute Gasteiger partial charge is 0.319 e. The molecule has 1 fully saturated rings. The molecular weight excluding hydrogens is 326 g/mol. The van der Waals surface area contributed by atoms with Gasteiger partial charge in [-0.15, -0.1) is 0 Å². The summed E-state index contributed by atoms with van der Waals surface area (Å²) in [5, 5.41) is 5.59. The second kappa shape index (κ2) is 7.88. The molecular formula is C17H27N3O3S. The fraction of sp³-hybridized carbons (Fsp3) is 0.588. The van der Waals surface area contributed by atoms with Crippen molar-refractivity contribution in [2.45, 2.75) is 40.0 Å². The van der Waals surface area contributed by atoms with Gasteiger partial charge in [-0.25, -0.2) is 13.2 Å². The quantitative estimate of drug-likeness (QED) is 0.854. The topological polar surface area (TPSA) is 78.5 Å². The lowest BCUT2D eigenvalue weighted by atomic mass is 10.1. The third-order valence-corrected chi connectivity index (χ3v) is 5.95. The molecule has 6 nitrogen and oxygen atoms in total. The van der Waals surface area contributed by atoms with Crippen LogP contribution in [0.2, 0.25) is 0 Å². The number of nitrogens with zero attached hydrogens (tertiary/aromatic N) is 1. The van der Waals surface area contributed by atoms with E-state index in [9.17, 15) is 13.2 Å². The first-order valence-electron chi connectivity index (χ1n) is 8.45. The number of hydrogen-bond donors (Lipinski definition) is 2. The van der Waals surface area contributed by atoms with Crippen LogP contribution in [0.1, 0.15) is 38.7 Å². The maximum atomic E-state index is 12.3. The molecule has 1 aliphatic heterocycles. The first kappa shape index (κ1) is 18.6. The van der Waals surface area contributed by atoms with Crippen LogP contribution >= 0.6 is 0 Å². The van der Waals surface area contributed by atoms with Crippen molar-refractivity contribution in [2.24, 2.45) is 5.92 Å². The Kier molecular flexibility index (Phi) is 6.10. The van der Waals surface area contributed by atoms with Crippen LogP contribution in [-0.2, 0) is 10.0 Å². The van der Waals surface area contributed by atoms with Crippen molar-refractivity contribution >= 4 is 27.4 Å². The van der Waals surface area contributed by atoms with Crippen LogP contribution in [0.5, 0.6) is 0 Å². The van der Waals surface area contributed by atoms with Gasteiger partial charge in [0.25, 0.3) is 0 Å².